The van der Waals surface area contributed by atoms with E-state index in [1.165, 1.54) is 18.2 Å². The molecule has 0 heterocycles. The van der Waals surface area contributed by atoms with Gasteiger partial charge in [-0.1, -0.05) is 6.07 Å². The number of anilines is 1. The number of benzene rings is 2. The van der Waals surface area contributed by atoms with Gasteiger partial charge in [0.15, 0.2) is 0 Å². The third-order valence-corrected chi connectivity index (χ3v) is 2.66. The van der Waals surface area contributed by atoms with E-state index in [1.54, 1.807) is 0 Å². The number of carboxylic acid groups (broad SMARTS) is 1. The molecule has 0 unspecified atom stereocenters. The Bertz CT molecular complexity index is 659. The van der Waals surface area contributed by atoms with Gasteiger partial charge in [0, 0.05) is 11.3 Å². The number of carboxylic acids is 1. The van der Waals surface area contributed by atoms with Gasteiger partial charge in [-0.05, 0) is 30.3 Å². The maximum absolute atomic E-state index is 13.4. The van der Waals surface area contributed by atoms with Crippen LogP contribution in [0.1, 0.15) is 15.9 Å². The molecule has 0 fully saturated rings. The van der Waals surface area contributed by atoms with Gasteiger partial charge in [-0.25, -0.2) is 13.6 Å². The molecule has 0 saturated carbocycles. The lowest BCUT2D eigenvalue weighted by Crippen LogP contribution is -2.07. The van der Waals surface area contributed by atoms with Crippen LogP contribution in [0.4, 0.5) is 14.5 Å². The van der Waals surface area contributed by atoms with Crippen LogP contribution in [0.2, 0.25) is 0 Å². The summed E-state index contributed by atoms with van der Waals surface area (Å²) < 4.78 is 31.7. The van der Waals surface area contributed by atoms with Crippen LogP contribution in [0.3, 0.4) is 0 Å². The zero-order chi connectivity index (χ0) is 14.7. The molecule has 0 amide bonds. The topological polar surface area (TPSA) is 72.5 Å². The van der Waals surface area contributed by atoms with Crippen molar-refractivity contribution in [2.45, 2.75) is 6.61 Å². The fraction of sp³-hybridized carbons (Fsp3) is 0.0714. The van der Waals surface area contributed by atoms with E-state index in [-0.39, 0.29) is 29.2 Å². The second-order valence-electron chi connectivity index (χ2n) is 4.05. The second-order valence-corrected chi connectivity index (χ2v) is 4.05. The summed E-state index contributed by atoms with van der Waals surface area (Å²) in [5.74, 6) is -2.48. The molecule has 0 aromatic heterocycles. The van der Waals surface area contributed by atoms with E-state index < -0.39 is 17.6 Å². The van der Waals surface area contributed by atoms with Crippen LogP contribution in [0.25, 0.3) is 0 Å². The molecule has 4 nitrogen and oxygen atoms in total. The summed E-state index contributed by atoms with van der Waals surface area (Å²) in [6.07, 6.45) is 0. The Morgan fingerprint density at radius 2 is 2.00 bits per heavy atom. The predicted molar refractivity (Wildman–Crippen MR) is 68.5 cm³/mol. The lowest BCUT2D eigenvalue weighted by atomic mass is 10.1. The Balaban J connectivity index is 2.25. The van der Waals surface area contributed by atoms with Crippen LogP contribution in [0.15, 0.2) is 36.4 Å². The van der Waals surface area contributed by atoms with Crippen molar-refractivity contribution in [3.05, 3.63) is 59.2 Å². The minimum atomic E-state index is -1.25. The first-order chi connectivity index (χ1) is 9.49. The van der Waals surface area contributed by atoms with Crippen molar-refractivity contribution in [1.29, 1.82) is 0 Å². The van der Waals surface area contributed by atoms with E-state index in [9.17, 15) is 13.6 Å². The molecule has 6 heteroatoms. The van der Waals surface area contributed by atoms with Crippen LogP contribution >= 0.6 is 0 Å². The number of ether oxygens (including phenoxy) is 1. The van der Waals surface area contributed by atoms with Crippen molar-refractivity contribution in [1.82, 2.24) is 0 Å². The molecule has 0 aliphatic carbocycles. The third kappa shape index (κ3) is 2.85. The molecule has 20 heavy (non-hydrogen) atoms. The van der Waals surface area contributed by atoms with Gasteiger partial charge in [-0.15, -0.1) is 0 Å². The van der Waals surface area contributed by atoms with Crippen molar-refractivity contribution in [3.8, 4) is 5.75 Å². The molecule has 3 N–H and O–H groups in total. The zero-order valence-corrected chi connectivity index (χ0v) is 10.3. The first-order valence-corrected chi connectivity index (χ1v) is 5.67. The lowest BCUT2D eigenvalue weighted by molar-refractivity contribution is 0.0693. The fourth-order valence-corrected chi connectivity index (χ4v) is 1.71. The summed E-state index contributed by atoms with van der Waals surface area (Å²) in [4.78, 5) is 11.1. The summed E-state index contributed by atoms with van der Waals surface area (Å²) in [5.41, 5.74) is 5.37. The Morgan fingerprint density at radius 3 is 2.70 bits per heavy atom. The van der Waals surface area contributed by atoms with Gasteiger partial charge in [0.25, 0.3) is 0 Å². The second kappa shape index (κ2) is 5.56. The summed E-state index contributed by atoms with van der Waals surface area (Å²) in [6, 6.07) is 7.28. The smallest absolute Gasteiger partial charge is 0.341 e. The van der Waals surface area contributed by atoms with Gasteiger partial charge in [0.05, 0.1) is 0 Å². The third-order valence-electron chi connectivity index (χ3n) is 2.66. The van der Waals surface area contributed by atoms with Crippen LogP contribution in [0, 0.1) is 11.6 Å². The largest absolute Gasteiger partial charge is 0.488 e. The molecule has 0 aliphatic heterocycles. The minimum Gasteiger partial charge on any atom is -0.488 e. The van der Waals surface area contributed by atoms with Crippen molar-refractivity contribution >= 4 is 11.7 Å². The maximum atomic E-state index is 13.4. The molecule has 104 valence electrons. The number of nitrogens with two attached hydrogens (primary N) is 1. The molecular formula is C14H11F2NO3. The number of aromatic carboxylic acids is 1. The Hall–Kier alpha value is -2.63. The molecule has 0 radical (unpaired) electrons. The van der Waals surface area contributed by atoms with Gasteiger partial charge < -0.3 is 15.6 Å². The number of nitrogen functional groups attached to an aromatic ring is 1. The highest BCUT2D eigenvalue weighted by molar-refractivity contribution is 5.96. The number of hydrogen-bond donors (Lipinski definition) is 2. The number of carbonyl (C=O) groups is 1. The van der Waals surface area contributed by atoms with E-state index >= 15 is 0 Å². The van der Waals surface area contributed by atoms with Gasteiger partial charge in [-0.2, -0.15) is 0 Å². The van der Waals surface area contributed by atoms with Crippen LogP contribution < -0.4 is 10.5 Å². The molecule has 0 bridgehead atoms. The molecule has 2 aromatic rings. The van der Waals surface area contributed by atoms with Gasteiger partial charge in [0.1, 0.15) is 29.6 Å². The number of rotatable bonds is 4. The molecule has 0 aliphatic rings. The molecular weight excluding hydrogens is 268 g/mol. The van der Waals surface area contributed by atoms with E-state index in [4.69, 9.17) is 15.6 Å². The van der Waals surface area contributed by atoms with Crippen molar-refractivity contribution in [2.24, 2.45) is 0 Å². The number of hydrogen-bond acceptors (Lipinski definition) is 3. The highest BCUT2D eigenvalue weighted by atomic mass is 19.1. The van der Waals surface area contributed by atoms with Crippen LogP contribution in [0.5, 0.6) is 5.75 Å². The number of halogens is 2. The van der Waals surface area contributed by atoms with E-state index in [0.29, 0.717) is 0 Å². The Morgan fingerprint density at radius 1 is 1.25 bits per heavy atom. The van der Waals surface area contributed by atoms with E-state index in [2.05, 4.69) is 0 Å². The van der Waals surface area contributed by atoms with Gasteiger partial charge >= 0.3 is 5.97 Å². The SMILES string of the molecule is Nc1cccc(OCc2cc(F)ccc2F)c1C(=O)O. The molecule has 0 atom stereocenters. The molecule has 0 saturated heterocycles. The van der Waals surface area contributed by atoms with Gasteiger partial charge in [-0.3, -0.25) is 0 Å². The monoisotopic (exact) mass is 279 g/mol. The Kier molecular flexibility index (Phi) is 3.84. The normalized spacial score (nSPS) is 10.3. The first-order valence-electron chi connectivity index (χ1n) is 5.67. The van der Waals surface area contributed by atoms with E-state index in [0.717, 1.165) is 18.2 Å². The average molecular weight is 279 g/mol. The summed E-state index contributed by atoms with van der Waals surface area (Å²) in [5, 5.41) is 9.05. The zero-order valence-electron chi connectivity index (χ0n) is 10.3. The minimum absolute atomic E-state index is 0.00108. The van der Waals surface area contributed by atoms with Crippen LogP contribution in [-0.4, -0.2) is 11.1 Å². The summed E-state index contributed by atoms with van der Waals surface area (Å²) in [7, 11) is 0. The Labute approximate surface area is 113 Å². The highest BCUT2D eigenvalue weighted by Crippen LogP contribution is 2.25. The lowest BCUT2D eigenvalue weighted by Gasteiger charge is -2.11. The summed E-state index contributed by atoms with van der Waals surface area (Å²) in [6.45, 7) is -0.298. The maximum Gasteiger partial charge on any atom is 0.341 e. The van der Waals surface area contributed by atoms with E-state index in [1.807, 2.05) is 0 Å². The van der Waals surface area contributed by atoms with Crippen molar-refractivity contribution in [2.75, 3.05) is 5.73 Å². The highest BCUT2D eigenvalue weighted by Gasteiger charge is 2.15. The van der Waals surface area contributed by atoms with Crippen molar-refractivity contribution < 1.29 is 23.4 Å². The van der Waals surface area contributed by atoms with Crippen LogP contribution in [-0.2, 0) is 6.61 Å². The first kappa shape index (κ1) is 13.8. The quantitative estimate of drug-likeness (QED) is 0.844. The summed E-state index contributed by atoms with van der Waals surface area (Å²) >= 11 is 0. The molecule has 2 rings (SSSR count). The van der Waals surface area contributed by atoms with Gasteiger partial charge in [0.2, 0.25) is 0 Å². The van der Waals surface area contributed by atoms with Crippen molar-refractivity contribution in [3.63, 3.8) is 0 Å². The predicted octanol–water partition coefficient (Wildman–Crippen LogP) is 2.82. The standard InChI is InChI=1S/C14H11F2NO3/c15-9-4-5-10(16)8(6-9)7-20-12-3-1-2-11(17)13(12)14(18)19/h1-6H,7,17H2,(H,18,19). The fourth-order valence-electron chi connectivity index (χ4n) is 1.71. The molecule has 2 aromatic carbocycles. The average Bonchev–Trinajstić information content (AvgIpc) is 2.39. The molecule has 0 spiro atoms.